The molecule has 8 nitrogen and oxygen atoms in total. The minimum absolute atomic E-state index is 0.0153. The summed E-state index contributed by atoms with van der Waals surface area (Å²) in [4.78, 5) is 31.8. The first-order chi connectivity index (χ1) is 22.5. The van der Waals surface area contributed by atoms with Gasteiger partial charge in [-0.1, -0.05) is 71.2 Å². The Morgan fingerprint density at radius 1 is 1.09 bits per heavy atom. The molecule has 2 heterocycles. The van der Waals surface area contributed by atoms with Gasteiger partial charge in [-0.15, -0.1) is 0 Å². The van der Waals surface area contributed by atoms with Gasteiger partial charge in [0, 0.05) is 42.0 Å². The molecule has 0 bridgehead atoms. The molecule has 0 spiro atoms. The average molecular weight is 640 g/mol. The van der Waals surface area contributed by atoms with Gasteiger partial charge in [0.15, 0.2) is 17.1 Å². The molecule has 1 saturated carbocycles. The lowest BCUT2D eigenvalue weighted by molar-refractivity contribution is -0.118. The number of carbonyl (C=O) groups excluding carboxylic acids is 1. The van der Waals surface area contributed by atoms with Crippen LogP contribution in [0.2, 0.25) is 0 Å². The number of morpholine rings is 1. The first-order valence-electron chi connectivity index (χ1n) is 16.6. The maximum Gasteiger partial charge on any atom is 0.200 e. The molecule has 250 valence electrons. The lowest BCUT2D eigenvalue weighted by atomic mass is 9.99. The first kappa shape index (κ1) is 35.4. The largest absolute Gasteiger partial charge is 0.508 e. The minimum atomic E-state index is -0.216. The molecule has 0 unspecified atom stereocenters. The highest BCUT2D eigenvalue weighted by atomic mass is 16.5. The van der Waals surface area contributed by atoms with Crippen LogP contribution in [0.4, 0.5) is 11.6 Å². The number of ether oxygens (including phenoxy) is 1. The minimum Gasteiger partial charge on any atom is -0.508 e. The number of nitrogens with zero attached hydrogens (tertiary/aromatic N) is 2. The van der Waals surface area contributed by atoms with Crippen LogP contribution in [-0.2, 0) is 9.53 Å². The summed E-state index contributed by atoms with van der Waals surface area (Å²) in [5.41, 5.74) is 4.62. The predicted molar refractivity (Wildman–Crippen MR) is 193 cm³/mol. The topological polar surface area (TPSA) is 104 Å². The predicted octanol–water partition coefficient (Wildman–Crippen LogP) is 8.66. The van der Waals surface area contributed by atoms with Crippen LogP contribution in [0.3, 0.4) is 0 Å². The molecule has 47 heavy (non-hydrogen) atoms. The summed E-state index contributed by atoms with van der Waals surface area (Å²) in [5.74, 6) is 2.00. The van der Waals surface area contributed by atoms with Crippen molar-refractivity contribution in [2.75, 3.05) is 36.5 Å². The van der Waals surface area contributed by atoms with Crippen molar-refractivity contribution in [3.63, 3.8) is 0 Å². The molecule has 0 amide bonds. The van der Waals surface area contributed by atoms with Crippen LogP contribution >= 0.6 is 0 Å². The quantitative estimate of drug-likeness (QED) is 0.137. The van der Waals surface area contributed by atoms with Gasteiger partial charge in [-0.3, -0.25) is 9.59 Å². The number of phenols is 1. The zero-order chi connectivity index (χ0) is 34.1. The fourth-order valence-corrected chi connectivity index (χ4v) is 5.87. The summed E-state index contributed by atoms with van der Waals surface area (Å²) in [5, 5.41) is 13.9. The Balaban J connectivity index is 0.000000748. The number of anilines is 2. The van der Waals surface area contributed by atoms with Crippen molar-refractivity contribution >= 4 is 34.0 Å². The van der Waals surface area contributed by atoms with Gasteiger partial charge in [0.2, 0.25) is 0 Å². The number of aromatic hydroxyl groups is 1. The third-order valence-electron chi connectivity index (χ3n) is 8.57. The average Bonchev–Trinajstić information content (AvgIpc) is 3.54. The number of hydrogen-bond acceptors (Lipinski definition) is 8. The van der Waals surface area contributed by atoms with E-state index in [1.807, 2.05) is 75.9 Å². The van der Waals surface area contributed by atoms with Crippen LogP contribution in [0.25, 0.3) is 22.1 Å². The second-order valence-electron chi connectivity index (χ2n) is 12.7. The summed E-state index contributed by atoms with van der Waals surface area (Å²) >= 11 is 0. The Labute approximate surface area is 278 Å². The molecule has 0 radical (unpaired) electrons. The van der Waals surface area contributed by atoms with E-state index in [4.69, 9.17) is 9.15 Å². The van der Waals surface area contributed by atoms with E-state index in [-0.39, 0.29) is 22.9 Å². The van der Waals surface area contributed by atoms with Crippen molar-refractivity contribution < 1.29 is 19.1 Å². The van der Waals surface area contributed by atoms with Crippen LogP contribution in [0.5, 0.6) is 5.75 Å². The zero-order valence-corrected chi connectivity index (χ0v) is 28.7. The summed E-state index contributed by atoms with van der Waals surface area (Å²) < 4.78 is 11.7. The fourth-order valence-electron chi connectivity index (χ4n) is 5.87. The van der Waals surface area contributed by atoms with Crippen LogP contribution in [-0.4, -0.2) is 42.9 Å². The van der Waals surface area contributed by atoms with E-state index < -0.39 is 0 Å². The monoisotopic (exact) mass is 639 g/mol. The van der Waals surface area contributed by atoms with Crippen molar-refractivity contribution in [1.29, 1.82) is 0 Å². The van der Waals surface area contributed by atoms with E-state index in [0.29, 0.717) is 60.1 Å². The molecule has 2 fully saturated rings. The molecule has 5 rings (SSSR count). The van der Waals surface area contributed by atoms with E-state index in [1.54, 1.807) is 6.07 Å². The fraction of sp³-hybridized carbons (Fsp3) is 0.410. The van der Waals surface area contributed by atoms with Gasteiger partial charge >= 0.3 is 0 Å². The molecule has 2 N–H and O–H groups in total. The molecule has 1 aliphatic carbocycles. The Hall–Kier alpha value is -4.43. The molecule has 3 aromatic rings. The maximum atomic E-state index is 12.9. The summed E-state index contributed by atoms with van der Waals surface area (Å²) in [6.07, 6.45) is 9.72. The lowest BCUT2D eigenvalue weighted by Gasteiger charge is -2.27. The number of carbonyl (C=O) groups is 1. The van der Waals surface area contributed by atoms with Crippen LogP contribution in [0.1, 0.15) is 67.2 Å². The van der Waals surface area contributed by atoms with Gasteiger partial charge < -0.3 is 24.5 Å². The van der Waals surface area contributed by atoms with E-state index >= 15 is 0 Å². The van der Waals surface area contributed by atoms with Crippen molar-refractivity contribution in [3.8, 4) is 16.9 Å². The Kier molecular flexibility index (Phi) is 12.4. The molecular formula is C39H49N3O5. The third-order valence-corrected chi connectivity index (χ3v) is 8.57. The second-order valence-corrected chi connectivity index (χ2v) is 12.7. The summed E-state index contributed by atoms with van der Waals surface area (Å²) in [6.45, 7) is 18.1. The van der Waals surface area contributed by atoms with Crippen molar-refractivity contribution in [2.45, 2.75) is 67.2 Å². The number of phenolic OH excluding ortho intramolecular Hbond substituents is 1. The lowest BCUT2D eigenvalue weighted by Crippen LogP contribution is -2.36. The number of rotatable bonds is 9. The number of benzene rings is 2. The maximum absolute atomic E-state index is 12.9. The van der Waals surface area contributed by atoms with Crippen molar-refractivity contribution in [3.05, 3.63) is 88.4 Å². The number of nitrogens with one attached hydrogen (secondary N) is 1. The number of hydrogen-bond donors (Lipinski definition) is 2. The number of ketones is 1. The molecule has 8 heteroatoms. The van der Waals surface area contributed by atoms with Gasteiger partial charge in [0.1, 0.15) is 17.2 Å². The molecule has 1 aromatic heterocycles. The number of fused-ring (bicyclic) bond motifs is 1. The molecule has 0 atom stereocenters. The third kappa shape index (κ3) is 9.55. The van der Waals surface area contributed by atoms with Gasteiger partial charge in [-0.05, 0) is 73.7 Å². The van der Waals surface area contributed by atoms with Crippen molar-refractivity contribution in [1.82, 2.24) is 0 Å². The van der Waals surface area contributed by atoms with E-state index in [1.165, 1.54) is 37.8 Å². The van der Waals surface area contributed by atoms with E-state index in [0.717, 1.165) is 28.5 Å². The summed E-state index contributed by atoms with van der Waals surface area (Å²) in [7, 11) is 0. The first-order valence-corrected chi connectivity index (χ1v) is 16.6. The smallest absolute Gasteiger partial charge is 0.200 e. The van der Waals surface area contributed by atoms with Crippen LogP contribution < -0.4 is 15.6 Å². The number of allylic oxidation sites excluding steroid dienone is 4. The Morgan fingerprint density at radius 2 is 1.74 bits per heavy atom. The Bertz CT molecular complexity index is 1720. The number of Topliss-reactive ketones (excluding diaryl/α,β-unsaturated/α-hetero) is 1. The molecule has 2 aromatic carbocycles. The zero-order valence-electron chi connectivity index (χ0n) is 28.7. The SMILES string of the molecule is C=C(\N=C(C)/C(=C\C)/C=C(\C)C(=O)C(C)C)Nc1ccc(-c2cc(O)cc3c(=O)cc(N4CCOCC4)oc23)cc1.CC1CCCC1. The molecule has 1 saturated heterocycles. The Morgan fingerprint density at radius 3 is 2.32 bits per heavy atom. The second kappa shape index (κ2) is 16.4. The van der Waals surface area contributed by atoms with E-state index in [9.17, 15) is 14.7 Å². The highest BCUT2D eigenvalue weighted by Gasteiger charge is 2.18. The van der Waals surface area contributed by atoms with Gasteiger partial charge in [-0.25, -0.2) is 4.99 Å². The highest BCUT2D eigenvalue weighted by molar-refractivity contribution is 6.04. The molecule has 1 aliphatic heterocycles. The molecule has 2 aliphatic rings. The van der Waals surface area contributed by atoms with Crippen LogP contribution in [0, 0.1) is 11.8 Å². The van der Waals surface area contributed by atoms with Gasteiger partial charge in [0.05, 0.1) is 18.6 Å². The molecular weight excluding hydrogens is 590 g/mol. The normalized spacial score (nSPS) is 16.3. The van der Waals surface area contributed by atoms with Gasteiger partial charge in [-0.2, -0.15) is 0 Å². The van der Waals surface area contributed by atoms with Crippen LogP contribution in [0.15, 0.2) is 92.4 Å². The number of aliphatic imine (C=N–C) groups is 1. The highest BCUT2D eigenvalue weighted by Crippen LogP contribution is 2.34. The van der Waals surface area contributed by atoms with E-state index in [2.05, 4.69) is 23.8 Å². The van der Waals surface area contributed by atoms with Gasteiger partial charge in [0.25, 0.3) is 0 Å². The van der Waals surface area contributed by atoms with Crippen molar-refractivity contribution in [2.24, 2.45) is 16.8 Å². The standard InChI is InChI=1S/C33H37N3O5.C6H12/c1-7-24(16-21(4)32(39)20(2)3)22(5)34-23(6)35-26-10-8-25(9-11-26)28-17-27(37)18-29-30(38)19-31(41-33(28)29)36-12-14-40-15-13-36;1-6-4-2-3-5-6/h7-11,16-20,35,37H,6,12-15H2,1-5H3;6H,2-5H2,1H3/b21-16+,24-7-,34-22-;. The summed E-state index contributed by atoms with van der Waals surface area (Å²) in [6, 6.07) is 12.0.